The van der Waals surface area contributed by atoms with Crippen LogP contribution in [-0.4, -0.2) is 11.0 Å². The fourth-order valence-electron chi connectivity index (χ4n) is 1.24. The molecule has 5 heteroatoms. The highest BCUT2D eigenvalue weighted by Crippen LogP contribution is 2.13. The minimum Gasteiger partial charge on any atom is -0.332 e. The highest BCUT2D eigenvalue weighted by Gasteiger charge is 2.06. The first-order valence-corrected chi connectivity index (χ1v) is 6.12. The van der Waals surface area contributed by atoms with E-state index in [0.717, 1.165) is 5.69 Å². The molecular formula is C12H15ClN2OS. The fourth-order valence-corrected chi connectivity index (χ4v) is 1.60. The Bertz CT molecular complexity index is 403. The average Bonchev–Trinajstić information content (AvgIpc) is 2.19. The van der Waals surface area contributed by atoms with Gasteiger partial charge in [-0.1, -0.05) is 25.4 Å². The Morgan fingerprint density at radius 1 is 1.35 bits per heavy atom. The third kappa shape index (κ3) is 5.65. The molecule has 17 heavy (non-hydrogen) atoms. The summed E-state index contributed by atoms with van der Waals surface area (Å²) in [5.41, 5.74) is 0.796. The van der Waals surface area contributed by atoms with Crippen LogP contribution in [0.5, 0.6) is 0 Å². The van der Waals surface area contributed by atoms with Gasteiger partial charge in [0.05, 0.1) is 0 Å². The lowest BCUT2D eigenvalue weighted by Crippen LogP contribution is -2.34. The molecule has 0 radical (unpaired) electrons. The first kappa shape index (κ1) is 13.9. The van der Waals surface area contributed by atoms with Crippen LogP contribution in [0, 0.1) is 5.92 Å². The monoisotopic (exact) mass is 270 g/mol. The molecule has 0 spiro atoms. The smallest absolute Gasteiger partial charge is 0.226 e. The number of hydrogen-bond donors (Lipinski definition) is 2. The molecule has 0 saturated carbocycles. The number of hydrogen-bond acceptors (Lipinski definition) is 2. The zero-order chi connectivity index (χ0) is 12.8. The van der Waals surface area contributed by atoms with Crippen molar-refractivity contribution >= 4 is 40.5 Å². The van der Waals surface area contributed by atoms with E-state index in [0.29, 0.717) is 22.5 Å². The molecule has 0 bridgehead atoms. The number of rotatable bonds is 3. The molecule has 0 aliphatic heterocycles. The molecule has 1 amide bonds. The lowest BCUT2D eigenvalue weighted by molar-refractivity contribution is -0.120. The summed E-state index contributed by atoms with van der Waals surface area (Å²) in [5, 5.41) is 6.50. The maximum atomic E-state index is 11.4. The number of nitrogens with one attached hydrogen (secondary N) is 2. The minimum atomic E-state index is -0.0773. The second-order valence-electron chi connectivity index (χ2n) is 4.11. The molecule has 0 atom stereocenters. The van der Waals surface area contributed by atoms with Gasteiger partial charge in [0.2, 0.25) is 5.91 Å². The van der Waals surface area contributed by atoms with Crippen molar-refractivity contribution in [3.63, 3.8) is 0 Å². The first-order chi connectivity index (χ1) is 7.97. The highest BCUT2D eigenvalue weighted by atomic mass is 35.5. The molecule has 0 aromatic heterocycles. The molecule has 0 heterocycles. The van der Waals surface area contributed by atoms with E-state index in [4.69, 9.17) is 23.8 Å². The fraction of sp³-hybridized carbons (Fsp3) is 0.333. The van der Waals surface area contributed by atoms with Crippen molar-refractivity contribution in [3.8, 4) is 0 Å². The normalized spacial score (nSPS) is 10.1. The SMILES string of the molecule is CC(C)CC(=O)NC(=S)Nc1ccc(Cl)cc1. The zero-order valence-corrected chi connectivity index (χ0v) is 11.4. The molecule has 0 saturated heterocycles. The van der Waals surface area contributed by atoms with E-state index >= 15 is 0 Å². The molecule has 0 fully saturated rings. The Morgan fingerprint density at radius 3 is 2.47 bits per heavy atom. The van der Waals surface area contributed by atoms with Gasteiger partial charge in [-0.2, -0.15) is 0 Å². The van der Waals surface area contributed by atoms with E-state index < -0.39 is 0 Å². The van der Waals surface area contributed by atoms with Gasteiger partial charge in [0.1, 0.15) is 0 Å². The van der Waals surface area contributed by atoms with Crippen LogP contribution in [0.3, 0.4) is 0 Å². The van der Waals surface area contributed by atoms with Crippen molar-refractivity contribution < 1.29 is 4.79 Å². The summed E-state index contributed by atoms with van der Waals surface area (Å²) < 4.78 is 0. The number of benzene rings is 1. The molecule has 1 aromatic rings. The second kappa shape index (κ2) is 6.57. The summed E-state index contributed by atoms with van der Waals surface area (Å²) >= 11 is 10.8. The summed E-state index contributed by atoms with van der Waals surface area (Å²) in [4.78, 5) is 11.4. The first-order valence-electron chi connectivity index (χ1n) is 5.34. The Labute approximate surface area is 112 Å². The molecule has 1 rings (SSSR count). The van der Waals surface area contributed by atoms with Gasteiger partial charge in [-0.05, 0) is 42.4 Å². The Balaban J connectivity index is 2.44. The average molecular weight is 271 g/mol. The standard InChI is InChI=1S/C12H15ClN2OS/c1-8(2)7-11(16)15-12(17)14-10-5-3-9(13)4-6-10/h3-6,8H,7H2,1-2H3,(H2,14,15,16,17). The van der Waals surface area contributed by atoms with E-state index in [-0.39, 0.29) is 5.91 Å². The van der Waals surface area contributed by atoms with Crippen LogP contribution >= 0.6 is 23.8 Å². The molecule has 3 nitrogen and oxygen atoms in total. The van der Waals surface area contributed by atoms with Crippen LogP contribution in [0.25, 0.3) is 0 Å². The lowest BCUT2D eigenvalue weighted by Gasteiger charge is -2.10. The van der Waals surface area contributed by atoms with Gasteiger partial charge in [0, 0.05) is 17.1 Å². The molecule has 92 valence electrons. The Hall–Kier alpha value is -1.13. The van der Waals surface area contributed by atoms with Gasteiger partial charge in [-0.25, -0.2) is 0 Å². The van der Waals surface area contributed by atoms with Crippen molar-refractivity contribution in [1.29, 1.82) is 0 Å². The molecule has 0 aliphatic carbocycles. The zero-order valence-electron chi connectivity index (χ0n) is 9.79. The molecule has 1 aromatic carbocycles. The topological polar surface area (TPSA) is 41.1 Å². The highest BCUT2D eigenvalue weighted by molar-refractivity contribution is 7.80. The summed E-state index contributed by atoms with van der Waals surface area (Å²) in [6.45, 7) is 3.96. The molecule has 2 N–H and O–H groups in total. The van der Waals surface area contributed by atoms with Gasteiger partial charge < -0.3 is 10.6 Å². The van der Waals surface area contributed by atoms with E-state index in [2.05, 4.69) is 10.6 Å². The third-order valence-electron chi connectivity index (χ3n) is 1.95. The molecule has 0 unspecified atom stereocenters. The number of thiocarbonyl (C=S) groups is 1. The summed E-state index contributed by atoms with van der Waals surface area (Å²) in [7, 11) is 0. The van der Waals surface area contributed by atoms with Gasteiger partial charge in [0.25, 0.3) is 0 Å². The van der Waals surface area contributed by atoms with Crippen LogP contribution < -0.4 is 10.6 Å². The lowest BCUT2D eigenvalue weighted by atomic mass is 10.1. The van der Waals surface area contributed by atoms with Crippen LogP contribution in [0.2, 0.25) is 5.02 Å². The van der Waals surface area contributed by atoms with Gasteiger partial charge in [0.15, 0.2) is 5.11 Å². The van der Waals surface area contributed by atoms with E-state index in [1.807, 2.05) is 13.8 Å². The van der Waals surface area contributed by atoms with Gasteiger partial charge >= 0.3 is 0 Å². The Morgan fingerprint density at radius 2 is 1.94 bits per heavy atom. The summed E-state index contributed by atoms with van der Waals surface area (Å²) in [6, 6.07) is 7.09. The predicted molar refractivity (Wildman–Crippen MR) is 75.3 cm³/mol. The molecule has 0 aliphatic rings. The quantitative estimate of drug-likeness (QED) is 0.829. The third-order valence-corrected chi connectivity index (χ3v) is 2.40. The number of carbonyl (C=O) groups is 1. The summed E-state index contributed by atoms with van der Waals surface area (Å²) in [6.07, 6.45) is 0.461. The maximum Gasteiger partial charge on any atom is 0.226 e. The van der Waals surface area contributed by atoms with Crippen molar-refractivity contribution in [1.82, 2.24) is 5.32 Å². The van der Waals surface area contributed by atoms with E-state index in [1.165, 1.54) is 0 Å². The van der Waals surface area contributed by atoms with Gasteiger partial charge in [-0.3, -0.25) is 4.79 Å². The van der Waals surface area contributed by atoms with Crippen LogP contribution in [0.1, 0.15) is 20.3 Å². The minimum absolute atomic E-state index is 0.0773. The molecular weight excluding hydrogens is 256 g/mol. The maximum absolute atomic E-state index is 11.4. The number of halogens is 1. The number of carbonyl (C=O) groups excluding carboxylic acids is 1. The van der Waals surface area contributed by atoms with Crippen molar-refractivity contribution in [2.24, 2.45) is 5.92 Å². The van der Waals surface area contributed by atoms with Crippen molar-refractivity contribution in [3.05, 3.63) is 29.3 Å². The number of anilines is 1. The van der Waals surface area contributed by atoms with Gasteiger partial charge in [-0.15, -0.1) is 0 Å². The van der Waals surface area contributed by atoms with E-state index in [1.54, 1.807) is 24.3 Å². The predicted octanol–water partition coefficient (Wildman–Crippen LogP) is 3.20. The number of amides is 1. The van der Waals surface area contributed by atoms with Crippen LogP contribution in [-0.2, 0) is 4.79 Å². The van der Waals surface area contributed by atoms with Crippen molar-refractivity contribution in [2.75, 3.05) is 5.32 Å². The Kier molecular flexibility index (Phi) is 5.38. The summed E-state index contributed by atoms with van der Waals surface area (Å²) in [5.74, 6) is 0.236. The largest absolute Gasteiger partial charge is 0.332 e. The van der Waals surface area contributed by atoms with Crippen LogP contribution in [0.15, 0.2) is 24.3 Å². The van der Waals surface area contributed by atoms with Crippen LogP contribution in [0.4, 0.5) is 5.69 Å². The second-order valence-corrected chi connectivity index (χ2v) is 4.95. The van der Waals surface area contributed by atoms with Crippen molar-refractivity contribution in [2.45, 2.75) is 20.3 Å². The van der Waals surface area contributed by atoms with E-state index in [9.17, 15) is 4.79 Å².